The van der Waals surface area contributed by atoms with Crippen molar-refractivity contribution in [2.75, 3.05) is 19.1 Å². The minimum Gasteiger partial charge on any atom is -0.340 e. The van der Waals surface area contributed by atoms with E-state index in [2.05, 4.69) is 9.82 Å². The van der Waals surface area contributed by atoms with Crippen molar-refractivity contribution in [1.29, 1.82) is 0 Å². The van der Waals surface area contributed by atoms with Gasteiger partial charge in [0, 0.05) is 25.4 Å². The number of benzene rings is 2. The molecule has 0 saturated carbocycles. The molecule has 1 N–H and O–H groups in total. The Morgan fingerprint density at radius 3 is 2.41 bits per heavy atom. The van der Waals surface area contributed by atoms with Crippen molar-refractivity contribution in [2.24, 2.45) is 0 Å². The molecule has 2 aromatic carbocycles. The molecule has 0 bridgehead atoms. The van der Waals surface area contributed by atoms with E-state index in [1.165, 1.54) is 12.1 Å². The van der Waals surface area contributed by atoms with Crippen LogP contribution in [-0.4, -0.2) is 54.1 Å². The summed E-state index contributed by atoms with van der Waals surface area (Å²) in [6.45, 7) is 0.988. The number of carbonyl (C=O) groups excluding carboxylic acids is 1. The zero-order chi connectivity index (χ0) is 23.0. The number of nitrogens with one attached hydrogen (secondary N) is 1. The first-order chi connectivity index (χ1) is 15.4. The number of rotatable bonds is 11. The average molecular weight is 473 g/mol. The number of hydrogen-bond acceptors (Lipinski definition) is 5. The highest BCUT2D eigenvalue weighted by Crippen LogP contribution is 2.13. The molecular weight excluding hydrogens is 444 g/mol. The van der Waals surface area contributed by atoms with Crippen LogP contribution in [0.1, 0.15) is 17.5 Å². The van der Waals surface area contributed by atoms with E-state index in [-0.39, 0.29) is 10.8 Å². The molecular formula is C23H28N4O3S2. The Hall–Kier alpha value is -2.62. The molecule has 32 heavy (non-hydrogen) atoms. The van der Waals surface area contributed by atoms with Crippen LogP contribution in [0.4, 0.5) is 0 Å². The Kier molecular flexibility index (Phi) is 8.49. The smallest absolute Gasteiger partial charge is 0.241 e. The van der Waals surface area contributed by atoms with Gasteiger partial charge in [-0.3, -0.25) is 9.48 Å². The van der Waals surface area contributed by atoms with E-state index in [9.17, 15) is 13.2 Å². The number of thioether (sulfide) groups is 1. The molecule has 0 fully saturated rings. The third-order valence-electron chi connectivity index (χ3n) is 4.93. The van der Waals surface area contributed by atoms with Gasteiger partial charge in [-0.25, -0.2) is 8.42 Å². The Balaban J connectivity index is 1.67. The summed E-state index contributed by atoms with van der Waals surface area (Å²) in [5, 5.41) is 4.38. The number of hydrogen-bond donors (Lipinski definition) is 1. The van der Waals surface area contributed by atoms with Crippen LogP contribution in [0.2, 0.25) is 0 Å². The van der Waals surface area contributed by atoms with Gasteiger partial charge in [0.05, 0.1) is 17.6 Å². The second-order valence-electron chi connectivity index (χ2n) is 7.49. The van der Waals surface area contributed by atoms with Gasteiger partial charge in [0.15, 0.2) is 0 Å². The average Bonchev–Trinajstić information content (AvgIpc) is 3.23. The van der Waals surface area contributed by atoms with Crippen molar-refractivity contribution in [1.82, 2.24) is 19.4 Å². The van der Waals surface area contributed by atoms with Gasteiger partial charge < -0.3 is 4.90 Å². The van der Waals surface area contributed by atoms with Crippen molar-refractivity contribution in [3.8, 4) is 0 Å². The molecule has 0 unspecified atom stereocenters. The number of amides is 1. The molecule has 1 aromatic heterocycles. The number of carbonyl (C=O) groups is 1. The summed E-state index contributed by atoms with van der Waals surface area (Å²) in [6, 6.07) is 17.3. The lowest BCUT2D eigenvalue weighted by molar-refractivity contribution is -0.132. The summed E-state index contributed by atoms with van der Waals surface area (Å²) in [6.07, 6.45) is 5.97. The predicted octanol–water partition coefficient (Wildman–Crippen LogP) is 2.99. The summed E-state index contributed by atoms with van der Waals surface area (Å²) >= 11 is 1.57. The standard InChI is InChI=1S/C23H28N4O3S2/c1-26(16-20-15-24-27(18-20)17-19-9-5-3-6-10-19)23(28)22(13-14-31-2)25-32(29,30)21-11-7-4-8-12-21/h3-12,15,18,22,25H,13-14,16-17H2,1-2H3/t22-/m1/s1. The highest BCUT2D eigenvalue weighted by atomic mass is 32.2. The zero-order valence-corrected chi connectivity index (χ0v) is 19.8. The first-order valence-electron chi connectivity index (χ1n) is 10.3. The number of likely N-dealkylation sites (N-methyl/N-ethyl adjacent to an activating group) is 1. The maximum Gasteiger partial charge on any atom is 0.241 e. The lowest BCUT2D eigenvalue weighted by Crippen LogP contribution is -2.47. The summed E-state index contributed by atoms with van der Waals surface area (Å²) < 4.78 is 30.0. The molecule has 9 heteroatoms. The van der Waals surface area contributed by atoms with E-state index < -0.39 is 16.1 Å². The second-order valence-corrected chi connectivity index (χ2v) is 10.2. The van der Waals surface area contributed by atoms with Crippen LogP contribution < -0.4 is 4.72 Å². The molecule has 0 saturated heterocycles. The highest BCUT2D eigenvalue weighted by molar-refractivity contribution is 7.98. The fourth-order valence-electron chi connectivity index (χ4n) is 3.29. The van der Waals surface area contributed by atoms with E-state index in [0.717, 1.165) is 11.1 Å². The maximum atomic E-state index is 13.1. The molecule has 0 radical (unpaired) electrons. The van der Waals surface area contributed by atoms with E-state index in [1.54, 1.807) is 48.1 Å². The van der Waals surface area contributed by atoms with Crippen molar-refractivity contribution >= 4 is 27.7 Å². The lowest BCUT2D eigenvalue weighted by atomic mass is 10.2. The van der Waals surface area contributed by atoms with Crippen LogP contribution in [-0.2, 0) is 27.9 Å². The first kappa shape index (κ1) is 24.0. The summed E-state index contributed by atoms with van der Waals surface area (Å²) in [5.74, 6) is 0.394. The molecule has 1 atom stereocenters. The van der Waals surface area contributed by atoms with Gasteiger partial charge in [-0.2, -0.15) is 21.6 Å². The van der Waals surface area contributed by atoms with Crippen molar-refractivity contribution in [3.63, 3.8) is 0 Å². The van der Waals surface area contributed by atoms with Crippen LogP contribution in [0.25, 0.3) is 0 Å². The molecule has 0 aliphatic rings. The quantitative estimate of drug-likeness (QED) is 0.464. The number of aromatic nitrogens is 2. The fourth-order valence-corrected chi connectivity index (χ4v) is 5.00. The van der Waals surface area contributed by atoms with Crippen molar-refractivity contribution in [3.05, 3.63) is 84.2 Å². The molecule has 0 aliphatic carbocycles. The second kappa shape index (κ2) is 11.3. The van der Waals surface area contributed by atoms with E-state index in [1.807, 2.05) is 47.5 Å². The Labute approximate surface area is 193 Å². The van der Waals surface area contributed by atoms with Crippen molar-refractivity contribution in [2.45, 2.75) is 30.4 Å². The SMILES string of the molecule is CSCC[C@@H](NS(=O)(=O)c1ccccc1)C(=O)N(C)Cc1cnn(Cc2ccccc2)c1. The molecule has 7 nitrogen and oxygen atoms in total. The summed E-state index contributed by atoms with van der Waals surface area (Å²) in [4.78, 5) is 14.8. The van der Waals surface area contributed by atoms with Gasteiger partial charge in [-0.15, -0.1) is 0 Å². The number of sulfonamides is 1. The Morgan fingerprint density at radius 2 is 1.75 bits per heavy atom. The summed E-state index contributed by atoms with van der Waals surface area (Å²) in [5.41, 5.74) is 2.02. The fraction of sp³-hybridized carbons (Fsp3) is 0.304. The van der Waals surface area contributed by atoms with Gasteiger partial charge in [0.25, 0.3) is 0 Å². The van der Waals surface area contributed by atoms with Gasteiger partial charge in [-0.05, 0) is 36.1 Å². The molecule has 0 spiro atoms. The molecule has 3 aromatic rings. The van der Waals surface area contributed by atoms with Crippen LogP contribution in [0.3, 0.4) is 0 Å². The van der Waals surface area contributed by atoms with Crippen molar-refractivity contribution < 1.29 is 13.2 Å². The monoisotopic (exact) mass is 472 g/mol. The van der Waals surface area contributed by atoms with Crippen LogP contribution >= 0.6 is 11.8 Å². The third-order valence-corrected chi connectivity index (χ3v) is 7.06. The molecule has 1 amide bonds. The zero-order valence-electron chi connectivity index (χ0n) is 18.2. The topological polar surface area (TPSA) is 84.3 Å². The highest BCUT2D eigenvalue weighted by Gasteiger charge is 2.27. The molecule has 0 aliphatic heterocycles. The van der Waals surface area contributed by atoms with E-state index >= 15 is 0 Å². The summed E-state index contributed by atoms with van der Waals surface area (Å²) in [7, 11) is -2.11. The largest absolute Gasteiger partial charge is 0.340 e. The minimum atomic E-state index is -3.80. The Morgan fingerprint density at radius 1 is 1.09 bits per heavy atom. The lowest BCUT2D eigenvalue weighted by Gasteiger charge is -2.24. The van der Waals surface area contributed by atoms with Crippen LogP contribution in [0, 0.1) is 0 Å². The van der Waals surface area contributed by atoms with Gasteiger partial charge in [0.1, 0.15) is 6.04 Å². The van der Waals surface area contributed by atoms with E-state index in [0.29, 0.717) is 25.3 Å². The first-order valence-corrected chi connectivity index (χ1v) is 13.1. The van der Waals surface area contributed by atoms with E-state index in [4.69, 9.17) is 0 Å². The molecule has 1 heterocycles. The Bertz CT molecular complexity index is 1100. The van der Waals surface area contributed by atoms with Gasteiger partial charge in [0.2, 0.25) is 15.9 Å². The van der Waals surface area contributed by atoms with Crippen LogP contribution in [0.5, 0.6) is 0 Å². The molecule has 3 rings (SSSR count). The number of nitrogens with zero attached hydrogens (tertiary/aromatic N) is 3. The van der Waals surface area contributed by atoms with Gasteiger partial charge in [-0.1, -0.05) is 48.5 Å². The molecule has 170 valence electrons. The van der Waals surface area contributed by atoms with Crippen LogP contribution in [0.15, 0.2) is 78.0 Å². The van der Waals surface area contributed by atoms with Gasteiger partial charge >= 0.3 is 0 Å². The maximum absolute atomic E-state index is 13.1. The third kappa shape index (κ3) is 6.69. The normalized spacial score (nSPS) is 12.4. The predicted molar refractivity (Wildman–Crippen MR) is 128 cm³/mol. The minimum absolute atomic E-state index is 0.145.